The molecule has 5 rings (SSSR count). The van der Waals surface area contributed by atoms with Gasteiger partial charge in [0.15, 0.2) is 0 Å². The molecule has 1 aliphatic carbocycles. The van der Waals surface area contributed by atoms with Crippen molar-refractivity contribution in [2.45, 2.75) is 49.8 Å². The van der Waals surface area contributed by atoms with Crippen LogP contribution in [0.2, 0.25) is 0 Å². The Balaban J connectivity index is 1.38. The maximum Gasteiger partial charge on any atom is 0.243 e. The molecule has 0 atom stereocenters. The van der Waals surface area contributed by atoms with Crippen molar-refractivity contribution in [3.8, 4) is 5.75 Å². The average molecular weight is 469 g/mol. The van der Waals surface area contributed by atoms with E-state index in [2.05, 4.69) is 17.4 Å². The highest BCUT2D eigenvalue weighted by Crippen LogP contribution is 2.32. The van der Waals surface area contributed by atoms with Crippen LogP contribution in [-0.2, 0) is 34.1 Å². The second-order valence-corrected chi connectivity index (χ2v) is 10.7. The fourth-order valence-corrected chi connectivity index (χ4v) is 6.40. The Morgan fingerprint density at radius 2 is 1.82 bits per heavy atom. The standard InChI is InChI=1S/C25H28N2O5S/c1-31-23-9-8-20(33(29,30)27-10-3-2-4-11-27)15-22(23)26-25(28)14-19-16-32-24-13-18-7-5-6-17(18)12-21(19)24/h8-9,12-13,15-16H,2-7,10-11,14H2,1H3,(H,26,28). The van der Waals surface area contributed by atoms with Crippen molar-refractivity contribution in [1.82, 2.24) is 4.31 Å². The van der Waals surface area contributed by atoms with Gasteiger partial charge in [-0.2, -0.15) is 4.31 Å². The smallest absolute Gasteiger partial charge is 0.243 e. The van der Waals surface area contributed by atoms with E-state index >= 15 is 0 Å². The van der Waals surface area contributed by atoms with Crippen LogP contribution in [0.25, 0.3) is 11.0 Å². The number of carbonyl (C=O) groups is 1. The molecule has 2 aromatic carbocycles. The van der Waals surface area contributed by atoms with Crippen molar-refractivity contribution in [2.75, 3.05) is 25.5 Å². The lowest BCUT2D eigenvalue weighted by atomic mass is 10.0. The zero-order valence-electron chi connectivity index (χ0n) is 18.7. The monoisotopic (exact) mass is 468 g/mol. The summed E-state index contributed by atoms with van der Waals surface area (Å²) in [5.41, 5.74) is 4.60. The molecular formula is C25H28N2O5S. The number of amides is 1. The molecule has 1 saturated heterocycles. The van der Waals surface area contributed by atoms with E-state index in [1.165, 1.54) is 34.7 Å². The van der Waals surface area contributed by atoms with E-state index < -0.39 is 10.0 Å². The summed E-state index contributed by atoms with van der Waals surface area (Å²) in [4.78, 5) is 13.1. The number of ether oxygens (including phenoxy) is 1. The minimum Gasteiger partial charge on any atom is -0.495 e. The lowest BCUT2D eigenvalue weighted by Crippen LogP contribution is -2.35. The Kier molecular flexibility index (Phi) is 5.88. The first-order valence-corrected chi connectivity index (χ1v) is 12.9. The summed E-state index contributed by atoms with van der Waals surface area (Å²) in [6.07, 6.45) is 7.79. The molecule has 0 radical (unpaired) electrons. The van der Waals surface area contributed by atoms with Crippen LogP contribution in [0.4, 0.5) is 5.69 Å². The highest BCUT2D eigenvalue weighted by Gasteiger charge is 2.27. The van der Waals surface area contributed by atoms with Crippen LogP contribution in [0.15, 0.2) is 45.9 Å². The third-order valence-electron chi connectivity index (χ3n) is 6.62. The van der Waals surface area contributed by atoms with Gasteiger partial charge >= 0.3 is 0 Å². The van der Waals surface area contributed by atoms with Gasteiger partial charge in [-0.25, -0.2) is 8.42 Å². The fraction of sp³-hybridized carbons (Fsp3) is 0.400. The number of nitrogens with one attached hydrogen (secondary N) is 1. The second kappa shape index (κ2) is 8.83. The van der Waals surface area contributed by atoms with E-state index in [1.54, 1.807) is 12.3 Å². The molecule has 2 heterocycles. The van der Waals surface area contributed by atoms with Crippen LogP contribution >= 0.6 is 0 Å². The topological polar surface area (TPSA) is 88.9 Å². The molecule has 0 bridgehead atoms. The van der Waals surface area contributed by atoms with E-state index in [-0.39, 0.29) is 17.2 Å². The van der Waals surface area contributed by atoms with Gasteiger partial charge in [0.25, 0.3) is 0 Å². The molecule has 174 valence electrons. The van der Waals surface area contributed by atoms with Crippen LogP contribution < -0.4 is 10.1 Å². The van der Waals surface area contributed by atoms with Gasteiger partial charge in [0, 0.05) is 24.0 Å². The van der Waals surface area contributed by atoms with E-state index in [1.807, 2.05) is 0 Å². The average Bonchev–Trinajstić information content (AvgIpc) is 3.44. The van der Waals surface area contributed by atoms with Crippen LogP contribution in [0.3, 0.4) is 0 Å². The number of hydrogen-bond donors (Lipinski definition) is 1. The van der Waals surface area contributed by atoms with E-state index in [9.17, 15) is 13.2 Å². The van der Waals surface area contributed by atoms with Gasteiger partial charge in [0.05, 0.1) is 30.4 Å². The number of furan rings is 1. The normalized spacial score (nSPS) is 16.6. The predicted octanol–water partition coefficient (Wildman–Crippen LogP) is 4.29. The third kappa shape index (κ3) is 4.25. The molecule has 8 heteroatoms. The number of piperidine rings is 1. The highest BCUT2D eigenvalue weighted by atomic mass is 32.2. The largest absolute Gasteiger partial charge is 0.495 e. The van der Waals surface area contributed by atoms with Gasteiger partial charge in [-0.3, -0.25) is 4.79 Å². The summed E-state index contributed by atoms with van der Waals surface area (Å²) in [6.45, 7) is 1.04. The number of methoxy groups -OCH3 is 1. The molecule has 1 aromatic heterocycles. The first kappa shape index (κ1) is 22.0. The van der Waals surface area contributed by atoms with Crippen LogP contribution in [-0.4, -0.2) is 38.8 Å². The van der Waals surface area contributed by atoms with Crippen molar-refractivity contribution >= 4 is 32.6 Å². The molecule has 3 aromatic rings. The third-order valence-corrected chi connectivity index (χ3v) is 8.51. The summed E-state index contributed by atoms with van der Waals surface area (Å²) in [5, 5.41) is 3.80. The number of carbonyl (C=O) groups excluding carboxylic acids is 1. The Bertz CT molecular complexity index is 1310. The molecule has 0 spiro atoms. The lowest BCUT2D eigenvalue weighted by Gasteiger charge is -2.26. The van der Waals surface area contributed by atoms with Gasteiger partial charge in [0.1, 0.15) is 11.3 Å². The molecule has 1 amide bonds. The zero-order chi connectivity index (χ0) is 23.0. The maximum absolute atomic E-state index is 13.1. The SMILES string of the molecule is COc1ccc(S(=O)(=O)N2CCCCC2)cc1NC(=O)Cc1coc2cc3c(cc12)CCC3. The first-order chi connectivity index (χ1) is 16.0. The van der Waals surface area contributed by atoms with Gasteiger partial charge < -0.3 is 14.5 Å². The number of fused-ring (bicyclic) bond motifs is 2. The minimum absolute atomic E-state index is 0.123. The molecule has 0 unspecified atom stereocenters. The van der Waals surface area contributed by atoms with Gasteiger partial charge in [-0.15, -0.1) is 0 Å². The van der Waals surface area contributed by atoms with Gasteiger partial charge in [-0.05, 0) is 73.6 Å². The lowest BCUT2D eigenvalue weighted by molar-refractivity contribution is -0.115. The van der Waals surface area contributed by atoms with Crippen molar-refractivity contribution in [3.05, 3.63) is 53.3 Å². The number of nitrogens with zero attached hydrogens (tertiary/aromatic N) is 1. The van der Waals surface area contributed by atoms with E-state index in [4.69, 9.17) is 9.15 Å². The van der Waals surface area contributed by atoms with Crippen molar-refractivity contribution in [3.63, 3.8) is 0 Å². The Morgan fingerprint density at radius 1 is 1.06 bits per heavy atom. The number of hydrogen-bond acceptors (Lipinski definition) is 5. The van der Waals surface area contributed by atoms with Gasteiger partial charge in [-0.1, -0.05) is 6.42 Å². The van der Waals surface area contributed by atoms with Crippen molar-refractivity contribution < 1.29 is 22.4 Å². The molecular weight excluding hydrogens is 440 g/mol. The van der Waals surface area contributed by atoms with Crippen molar-refractivity contribution in [1.29, 1.82) is 0 Å². The maximum atomic E-state index is 13.1. The summed E-state index contributed by atoms with van der Waals surface area (Å²) in [5.74, 6) is 0.153. The van der Waals surface area contributed by atoms with Gasteiger partial charge in [0.2, 0.25) is 15.9 Å². The second-order valence-electron chi connectivity index (χ2n) is 8.78. The summed E-state index contributed by atoms with van der Waals surface area (Å²) < 4.78 is 38.8. The Hall–Kier alpha value is -2.84. The molecule has 1 fully saturated rings. The molecule has 0 saturated carbocycles. The molecule has 7 nitrogen and oxygen atoms in total. The highest BCUT2D eigenvalue weighted by molar-refractivity contribution is 7.89. The predicted molar refractivity (Wildman–Crippen MR) is 126 cm³/mol. The molecule has 33 heavy (non-hydrogen) atoms. The zero-order valence-corrected chi connectivity index (χ0v) is 19.5. The number of benzene rings is 2. The van der Waals surface area contributed by atoms with Crippen LogP contribution in [0, 0.1) is 0 Å². The van der Waals surface area contributed by atoms with Crippen molar-refractivity contribution in [2.24, 2.45) is 0 Å². The fourth-order valence-electron chi connectivity index (χ4n) is 4.85. The number of sulfonamides is 1. The van der Waals surface area contributed by atoms with Crippen LogP contribution in [0.5, 0.6) is 5.75 Å². The number of rotatable bonds is 6. The summed E-state index contributed by atoms with van der Waals surface area (Å²) >= 11 is 0. The number of anilines is 1. The van der Waals surface area contributed by atoms with E-state index in [0.717, 1.165) is 55.1 Å². The minimum atomic E-state index is -3.62. The van der Waals surface area contributed by atoms with E-state index in [0.29, 0.717) is 24.5 Å². The van der Waals surface area contributed by atoms with Crippen LogP contribution in [0.1, 0.15) is 42.4 Å². The Labute approximate surface area is 193 Å². The first-order valence-electron chi connectivity index (χ1n) is 11.5. The molecule has 1 aliphatic heterocycles. The number of aryl methyl sites for hydroxylation is 2. The summed E-state index contributed by atoms with van der Waals surface area (Å²) in [7, 11) is -2.12. The quantitative estimate of drug-likeness (QED) is 0.583. The molecule has 1 N–H and O–H groups in total. The Morgan fingerprint density at radius 3 is 2.58 bits per heavy atom. The molecule has 2 aliphatic rings. The summed E-state index contributed by atoms with van der Waals surface area (Å²) in [6, 6.07) is 8.82.